The Labute approximate surface area is 101 Å². The molecule has 0 saturated heterocycles. The van der Waals surface area contributed by atoms with Crippen molar-refractivity contribution in [1.29, 1.82) is 0 Å². The number of hydrogen-bond donors (Lipinski definition) is 0. The Morgan fingerprint density at radius 1 is 1.44 bits per heavy atom. The molecule has 0 aromatic heterocycles. The van der Waals surface area contributed by atoms with Crippen molar-refractivity contribution < 1.29 is 0 Å². The third-order valence-electron chi connectivity index (χ3n) is 3.70. The number of rotatable bonds is 5. The number of hydrogen-bond acceptors (Lipinski definition) is 0. The summed E-state index contributed by atoms with van der Waals surface area (Å²) in [6.07, 6.45) is 15.3. The SMILES string of the molecule is C=CCCCC=CC1C(C)=CCCC1(C)C. The van der Waals surface area contributed by atoms with E-state index in [0.717, 1.165) is 6.42 Å². The zero-order valence-corrected chi connectivity index (χ0v) is 11.1. The Morgan fingerprint density at radius 2 is 2.19 bits per heavy atom. The summed E-state index contributed by atoms with van der Waals surface area (Å²) in [5, 5.41) is 0. The van der Waals surface area contributed by atoms with Crippen LogP contribution in [-0.4, -0.2) is 0 Å². The molecule has 0 amide bonds. The van der Waals surface area contributed by atoms with Crippen molar-refractivity contribution in [2.45, 2.75) is 52.9 Å². The van der Waals surface area contributed by atoms with Gasteiger partial charge >= 0.3 is 0 Å². The summed E-state index contributed by atoms with van der Waals surface area (Å²) in [6.45, 7) is 10.8. The average molecular weight is 218 g/mol. The first-order valence-electron chi connectivity index (χ1n) is 6.52. The topological polar surface area (TPSA) is 0 Å². The van der Waals surface area contributed by atoms with Gasteiger partial charge in [0.15, 0.2) is 0 Å². The van der Waals surface area contributed by atoms with E-state index in [0.29, 0.717) is 11.3 Å². The summed E-state index contributed by atoms with van der Waals surface area (Å²) in [5.41, 5.74) is 1.99. The molecule has 0 aromatic carbocycles. The van der Waals surface area contributed by atoms with Crippen LogP contribution in [0, 0.1) is 11.3 Å². The molecule has 1 aliphatic carbocycles. The Balaban J connectivity index is 2.52. The van der Waals surface area contributed by atoms with E-state index in [9.17, 15) is 0 Å². The van der Waals surface area contributed by atoms with Crippen LogP contribution in [0.4, 0.5) is 0 Å². The van der Waals surface area contributed by atoms with Gasteiger partial charge in [-0.3, -0.25) is 0 Å². The monoisotopic (exact) mass is 218 g/mol. The zero-order chi connectivity index (χ0) is 12.0. The highest BCUT2D eigenvalue weighted by Crippen LogP contribution is 2.41. The fraction of sp³-hybridized carbons (Fsp3) is 0.625. The first-order chi connectivity index (χ1) is 7.58. The van der Waals surface area contributed by atoms with Crippen LogP contribution >= 0.6 is 0 Å². The minimum atomic E-state index is 0.438. The number of allylic oxidation sites excluding steroid dienone is 5. The average Bonchev–Trinajstić information content (AvgIpc) is 2.21. The van der Waals surface area contributed by atoms with Gasteiger partial charge in [0.25, 0.3) is 0 Å². The quantitative estimate of drug-likeness (QED) is 0.435. The second-order valence-electron chi connectivity index (χ2n) is 5.60. The van der Waals surface area contributed by atoms with Gasteiger partial charge in [0.2, 0.25) is 0 Å². The van der Waals surface area contributed by atoms with E-state index in [-0.39, 0.29) is 0 Å². The molecule has 0 aromatic rings. The van der Waals surface area contributed by atoms with Crippen LogP contribution in [-0.2, 0) is 0 Å². The molecular weight excluding hydrogens is 192 g/mol. The predicted molar refractivity (Wildman–Crippen MR) is 73.5 cm³/mol. The van der Waals surface area contributed by atoms with Gasteiger partial charge in [-0.15, -0.1) is 6.58 Å². The van der Waals surface area contributed by atoms with E-state index < -0.39 is 0 Å². The summed E-state index contributed by atoms with van der Waals surface area (Å²) < 4.78 is 0. The van der Waals surface area contributed by atoms with Crippen molar-refractivity contribution in [3.05, 3.63) is 36.5 Å². The van der Waals surface area contributed by atoms with E-state index >= 15 is 0 Å². The third kappa shape index (κ3) is 3.66. The van der Waals surface area contributed by atoms with Crippen LogP contribution in [0.1, 0.15) is 52.9 Å². The fourth-order valence-electron chi connectivity index (χ4n) is 2.60. The third-order valence-corrected chi connectivity index (χ3v) is 3.70. The molecule has 90 valence electrons. The van der Waals surface area contributed by atoms with Crippen LogP contribution in [0.3, 0.4) is 0 Å². The van der Waals surface area contributed by atoms with Gasteiger partial charge < -0.3 is 0 Å². The molecule has 0 fully saturated rings. The van der Waals surface area contributed by atoms with Crippen LogP contribution in [0.5, 0.6) is 0 Å². The lowest BCUT2D eigenvalue weighted by molar-refractivity contribution is 0.255. The van der Waals surface area contributed by atoms with Crippen LogP contribution < -0.4 is 0 Å². The van der Waals surface area contributed by atoms with Crippen molar-refractivity contribution in [2.24, 2.45) is 11.3 Å². The van der Waals surface area contributed by atoms with Gasteiger partial charge in [-0.2, -0.15) is 0 Å². The highest BCUT2D eigenvalue weighted by Gasteiger charge is 2.30. The van der Waals surface area contributed by atoms with Crippen LogP contribution in [0.25, 0.3) is 0 Å². The summed E-state index contributed by atoms with van der Waals surface area (Å²) in [6, 6.07) is 0. The van der Waals surface area contributed by atoms with Crippen molar-refractivity contribution in [3.8, 4) is 0 Å². The maximum Gasteiger partial charge on any atom is 0.00253 e. The molecule has 1 atom stereocenters. The normalized spacial score (nSPS) is 24.4. The Bertz CT molecular complexity index is 278. The van der Waals surface area contributed by atoms with Crippen molar-refractivity contribution in [2.75, 3.05) is 0 Å². The Kier molecular flexibility index (Phi) is 5.05. The number of unbranched alkanes of at least 4 members (excludes halogenated alkanes) is 2. The van der Waals surface area contributed by atoms with Gasteiger partial charge in [0.05, 0.1) is 0 Å². The van der Waals surface area contributed by atoms with E-state index in [1.165, 1.54) is 25.7 Å². The summed E-state index contributed by atoms with van der Waals surface area (Å²) in [7, 11) is 0. The maximum absolute atomic E-state index is 3.75. The van der Waals surface area contributed by atoms with E-state index in [2.05, 4.69) is 45.6 Å². The highest BCUT2D eigenvalue weighted by molar-refractivity contribution is 5.18. The molecular formula is C16H26. The van der Waals surface area contributed by atoms with Crippen molar-refractivity contribution in [3.63, 3.8) is 0 Å². The smallest absolute Gasteiger partial charge is 0.00253 e. The summed E-state index contributed by atoms with van der Waals surface area (Å²) in [5.74, 6) is 0.644. The van der Waals surface area contributed by atoms with Gasteiger partial charge in [-0.05, 0) is 44.4 Å². The molecule has 0 spiro atoms. The van der Waals surface area contributed by atoms with Gasteiger partial charge in [-0.25, -0.2) is 0 Å². The lowest BCUT2D eigenvalue weighted by Crippen LogP contribution is -2.26. The standard InChI is InChI=1S/C16H26/c1-5-6-7-8-9-12-15-14(2)11-10-13-16(15,3)4/h5,9,11-12,15H,1,6-8,10,13H2,2-4H3. The molecule has 0 bridgehead atoms. The fourth-order valence-corrected chi connectivity index (χ4v) is 2.60. The van der Waals surface area contributed by atoms with E-state index in [1.807, 2.05) is 6.08 Å². The molecule has 1 rings (SSSR count). The molecule has 0 aliphatic heterocycles. The molecule has 0 radical (unpaired) electrons. The zero-order valence-electron chi connectivity index (χ0n) is 11.1. The molecule has 1 unspecified atom stereocenters. The summed E-state index contributed by atoms with van der Waals surface area (Å²) >= 11 is 0. The lowest BCUT2D eigenvalue weighted by Gasteiger charge is -2.36. The van der Waals surface area contributed by atoms with Crippen LogP contribution in [0.2, 0.25) is 0 Å². The molecule has 1 aliphatic rings. The second kappa shape index (κ2) is 6.08. The van der Waals surface area contributed by atoms with Crippen molar-refractivity contribution >= 4 is 0 Å². The van der Waals surface area contributed by atoms with Crippen LogP contribution in [0.15, 0.2) is 36.5 Å². The molecule has 0 heterocycles. The second-order valence-corrected chi connectivity index (χ2v) is 5.60. The van der Waals surface area contributed by atoms with E-state index in [1.54, 1.807) is 5.57 Å². The van der Waals surface area contributed by atoms with Gasteiger partial charge in [0.1, 0.15) is 0 Å². The minimum absolute atomic E-state index is 0.438. The lowest BCUT2D eigenvalue weighted by atomic mass is 9.68. The molecule has 0 heteroatoms. The Hall–Kier alpha value is -0.780. The van der Waals surface area contributed by atoms with Gasteiger partial charge in [0, 0.05) is 5.92 Å². The highest BCUT2D eigenvalue weighted by atomic mass is 14.3. The molecule has 0 nitrogen and oxygen atoms in total. The Morgan fingerprint density at radius 3 is 2.81 bits per heavy atom. The predicted octanol–water partition coefficient (Wildman–Crippen LogP) is 5.28. The first-order valence-corrected chi connectivity index (χ1v) is 6.52. The largest absolute Gasteiger partial charge is 0.103 e. The maximum atomic E-state index is 3.75. The van der Waals surface area contributed by atoms with Gasteiger partial charge in [-0.1, -0.05) is 43.7 Å². The molecule has 16 heavy (non-hydrogen) atoms. The minimum Gasteiger partial charge on any atom is -0.103 e. The van der Waals surface area contributed by atoms with Crippen molar-refractivity contribution in [1.82, 2.24) is 0 Å². The summed E-state index contributed by atoms with van der Waals surface area (Å²) in [4.78, 5) is 0. The molecule has 0 saturated carbocycles. The molecule has 0 N–H and O–H groups in total. The first kappa shape index (κ1) is 13.3. The van der Waals surface area contributed by atoms with E-state index in [4.69, 9.17) is 0 Å².